The first-order valence-corrected chi connectivity index (χ1v) is 12.9. The summed E-state index contributed by atoms with van der Waals surface area (Å²) in [6, 6.07) is 15.2. The predicted octanol–water partition coefficient (Wildman–Crippen LogP) is 4.23. The van der Waals surface area contributed by atoms with Crippen LogP contribution in [0.15, 0.2) is 54.7 Å². The molecule has 3 aliphatic rings. The zero-order valence-corrected chi connectivity index (χ0v) is 21.3. The van der Waals surface area contributed by atoms with Crippen molar-refractivity contribution < 1.29 is 18.6 Å². The molecule has 1 saturated carbocycles. The highest BCUT2D eigenvalue weighted by Gasteiger charge is 2.49. The Bertz CT molecular complexity index is 1260. The van der Waals surface area contributed by atoms with Crippen LogP contribution in [0, 0.1) is 11.2 Å². The number of nitrogens with zero attached hydrogens (tertiary/aromatic N) is 3. The molecule has 2 N–H and O–H groups in total. The van der Waals surface area contributed by atoms with Crippen molar-refractivity contribution in [2.24, 2.45) is 11.1 Å². The lowest BCUT2D eigenvalue weighted by molar-refractivity contribution is -0.127. The summed E-state index contributed by atoms with van der Waals surface area (Å²) < 4.78 is 31.9. The van der Waals surface area contributed by atoms with Gasteiger partial charge >= 0.3 is 0 Å². The number of hydrogen-bond acceptors (Lipinski definition) is 7. The fourth-order valence-electron chi connectivity index (χ4n) is 5.25. The molecule has 0 unspecified atom stereocenters. The van der Waals surface area contributed by atoms with E-state index in [1.807, 2.05) is 36.4 Å². The molecule has 1 aromatic heterocycles. The minimum absolute atomic E-state index is 0.00935. The van der Waals surface area contributed by atoms with E-state index in [9.17, 15) is 4.39 Å². The zero-order valence-electron chi connectivity index (χ0n) is 21.3. The molecular formula is C29H33FN4O3. The fraction of sp³-hybridized carbons (Fsp3) is 0.448. The van der Waals surface area contributed by atoms with Crippen LogP contribution in [0.5, 0.6) is 11.5 Å². The highest BCUT2D eigenvalue weighted by Crippen LogP contribution is 2.39. The third kappa shape index (κ3) is 4.76. The quantitative estimate of drug-likeness (QED) is 0.492. The SMILES string of the molecule is CC(C)(c1ccc(OCc2ccnc(N3CC4(COC4)C3)n2)cc1)c1ccc(OC2CC(N)C2)c(F)c1. The van der Waals surface area contributed by atoms with E-state index in [1.54, 1.807) is 18.3 Å². The summed E-state index contributed by atoms with van der Waals surface area (Å²) in [5.41, 5.74) is 8.52. The predicted molar refractivity (Wildman–Crippen MR) is 138 cm³/mol. The monoisotopic (exact) mass is 504 g/mol. The van der Waals surface area contributed by atoms with Crippen molar-refractivity contribution in [3.05, 3.63) is 77.4 Å². The van der Waals surface area contributed by atoms with Crippen LogP contribution in [-0.4, -0.2) is 48.4 Å². The number of halogens is 1. The minimum Gasteiger partial charge on any atom is -0.487 e. The second-order valence-corrected chi connectivity index (χ2v) is 11.3. The van der Waals surface area contributed by atoms with Gasteiger partial charge in [0.25, 0.3) is 0 Å². The van der Waals surface area contributed by atoms with Crippen molar-refractivity contribution >= 4 is 5.95 Å². The molecule has 2 saturated heterocycles. The number of nitrogens with two attached hydrogens (primary N) is 1. The molecule has 1 aliphatic carbocycles. The molecule has 37 heavy (non-hydrogen) atoms. The maximum absolute atomic E-state index is 14.8. The Kier molecular flexibility index (Phi) is 6.04. The first kappa shape index (κ1) is 24.1. The molecule has 6 rings (SSSR count). The van der Waals surface area contributed by atoms with Gasteiger partial charge in [0.2, 0.25) is 5.95 Å². The Morgan fingerprint density at radius 2 is 1.81 bits per heavy atom. The van der Waals surface area contributed by atoms with Gasteiger partial charge in [-0.2, -0.15) is 0 Å². The minimum atomic E-state index is -0.391. The number of hydrogen-bond donors (Lipinski definition) is 1. The Hall–Kier alpha value is -3.23. The number of aromatic nitrogens is 2. The normalized spacial score (nSPS) is 22.1. The van der Waals surface area contributed by atoms with E-state index in [0.717, 1.165) is 67.7 Å². The number of ether oxygens (including phenoxy) is 3. The maximum atomic E-state index is 14.8. The molecule has 3 heterocycles. The van der Waals surface area contributed by atoms with E-state index < -0.39 is 5.41 Å². The van der Waals surface area contributed by atoms with Crippen molar-refractivity contribution in [3.63, 3.8) is 0 Å². The lowest BCUT2D eigenvalue weighted by Crippen LogP contribution is -2.66. The van der Waals surface area contributed by atoms with Crippen LogP contribution in [-0.2, 0) is 16.8 Å². The van der Waals surface area contributed by atoms with Crippen LogP contribution in [0.3, 0.4) is 0 Å². The molecule has 3 aromatic rings. The van der Waals surface area contributed by atoms with E-state index in [-0.39, 0.29) is 18.0 Å². The van der Waals surface area contributed by atoms with E-state index >= 15 is 0 Å². The standard InChI is InChI=1S/C29H33FN4O3/c1-28(2,20-5-8-26(25(30)11-20)37-24-12-21(31)13-24)19-3-6-23(7-4-19)36-14-22-9-10-32-27(33-22)34-15-29(16-34)17-35-18-29/h3-11,21,24H,12-18,31H2,1-2H3. The van der Waals surface area contributed by atoms with Gasteiger partial charge in [-0.1, -0.05) is 32.0 Å². The second kappa shape index (κ2) is 9.26. The Morgan fingerprint density at radius 1 is 1.08 bits per heavy atom. The summed E-state index contributed by atoms with van der Waals surface area (Å²) in [6.45, 7) is 8.10. The van der Waals surface area contributed by atoms with Gasteiger partial charge in [-0.25, -0.2) is 14.4 Å². The van der Waals surface area contributed by atoms with Gasteiger partial charge in [0, 0.05) is 30.7 Å². The average Bonchev–Trinajstić information content (AvgIpc) is 2.81. The zero-order chi connectivity index (χ0) is 25.6. The second-order valence-electron chi connectivity index (χ2n) is 11.3. The highest BCUT2D eigenvalue weighted by molar-refractivity contribution is 5.43. The summed E-state index contributed by atoms with van der Waals surface area (Å²) in [6.07, 6.45) is 3.34. The van der Waals surface area contributed by atoms with Crippen molar-refractivity contribution in [2.75, 3.05) is 31.2 Å². The summed E-state index contributed by atoms with van der Waals surface area (Å²) in [7, 11) is 0. The van der Waals surface area contributed by atoms with Crippen molar-refractivity contribution in [1.29, 1.82) is 0 Å². The van der Waals surface area contributed by atoms with Crippen LogP contribution < -0.4 is 20.1 Å². The lowest BCUT2D eigenvalue weighted by Gasteiger charge is -2.54. The Labute approximate surface area is 216 Å². The third-order valence-corrected chi connectivity index (χ3v) is 7.89. The van der Waals surface area contributed by atoms with Gasteiger partial charge in [-0.15, -0.1) is 0 Å². The number of rotatable bonds is 8. The molecular weight excluding hydrogens is 471 g/mol. The van der Waals surface area contributed by atoms with E-state index in [0.29, 0.717) is 17.8 Å². The molecule has 0 bridgehead atoms. The molecule has 0 atom stereocenters. The van der Waals surface area contributed by atoms with E-state index in [2.05, 4.69) is 28.7 Å². The summed E-state index contributed by atoms with van der Waals surface area (Å²) >= 11 is 0. The number of anilines is 1. The highest BCUT2D eigenvalue weighted by atomic mass is 19.1. The summed E-state index contributed by atoms with van der Waals surface area (Å²) in [5.74, 6) is 1.45. The van der Waals surface area contributed by atoms with Crippen molar-refractivity contribution in [3.8, 4) is 11.5 Å². The molecule has 3 fully saturated rings. The van der Waals surface area contributed by atoms with Gasteiger partial charge < -0.3 is 24.8 Å². The third-order valence-electron chi connectivity index (χ3n) is 7.89. The van der Waals surface area contributed by atoms with Crippen LogP contribution in [0.2, 0.25) is 0 Å². The maximum Gasteiger partial charge on any atom is 0.225 e. The fourth-order valence-corrected chi connectivity index (χ4v) is 5.25. The molecule has 0 amide bonds. The molecule has 2 aliphatic heterocycles. The van der Waals surface area contributed by atoms with Gasteiger partial charge in [-0.3, -0.25) is 0 Å². The summed E-state index contributed by atoms with van der Waals surface area (Å²) in [5, 5.41) is 0. The first-order chi connectivity index (χ1) is 17.8. The van der Waals surface area contributed by atoms with Gasteiger partial charge in [0.15, 0.2) is 11.6 Å². The van der Waals surface area contributed by atoms with Crippen LogP contribution in [0.25, 0.3) is 0 Å². The largest absolute Gasteiger partial charge is 0.487 e. The smallest absolute Gasteiger partial charge is 0.225 e. The average molecular weight is 505 g/mol. The topological polar surface area (TPSA) is 82.7 Å². The van der Waals surface area contributed by atoms with Gasteiger partial charge in [-0.05, 0) is 54.3 Å². The molecule has 194 valence electrons. The van der Waals surface area contributed by atoms with Crippen molar-refractivity contribution in [2.45, 2.75) is 50.9 Å². The van der Waals surface area contributed by atoms with Gasteiger partial charge in [0.05, 0.1) is 24.3 Å². The summed E-state index contributed by atoms with van der Waals surface area (Å²) in [4.78, 5) is 11.3. The number of benzene rings is 2. The Balaban J connectivity index is 1.07. The lowest BCUT2D eigenvalue weighted by atomic mass is 9.78. The van der Waals surface area contributed by atoms with E-state index in [1.165, 1.54) is 0 Å². The Morgan fingerprint density at radius 3 is 2.46 bits per heavy atom. The van der Waals surface area contributed by atoms with Gasteiger partial charge in [0.1, 0.15) is 18.5 Å². The van der Waals surface area contributed by atoms with Crippen LogP contribution >= 0.6 is 0 Å². The van der Waals surface area contributed by atoms with E-state index in [4.69, 9.17) is 19.9 Å². The molecule has 0 radical (unpaired) electrons. The molecule has 7 nitrogen and oxygen atoms in total. The van der Waals surface area contributed by atoms with Crippen LogP contribution in [0.4, 0.5) is 10.3 Å². The van der Waals surface area contributed by atoms with Crippen molar-refractivity contribution in [1.82, 2.24) is 9.97 Å². The van der Waals surface area contributed by atoms with Crippen LogP contribution in [0.1, 0.15) is 43.5 Å². The first-order valence-electron chi connectivity index (χ1n) is 12.9. The molecule has 1 spiro atoms. The molecule has 2 aromatic carbocycles. The molecule has 8 heteroatoms.